The summed E-state index contributed by atoms with van der Waals surface area (Å²) in [6.07, 6.45) is 4.00. The van der Waals surface area contributed by atoms with E-state index < -0.39 is 5.82 Å². The number of fused-ring (bicyclic) bond motifs is 2. The zero-order chi connectivity index (χ0) is 11.1. The fraction of sp³-hybridized carbons (Fsp3) is 0.545. The monoisotopic (exact) mass is 223 g/mol. The zero-order valence-electron chi connectivity index (χ0n) is 8.90. The van der Waals surface area contributed by atoms with Crippen molar-refractivity contribution in [2.75, 3.05) is 23.7 Å². The van der Waals surface area contributed by atoms with E-state index in [0.29, 0.717) is 12.2 Å². The van der Waals surface area contributed by atoms with E-state index in [2.05, 4.69) is 9.88 Å². The van der Waals surface area contributed by atoms with E-state index in [1.54, 1.807) is 6.07 Å². The Morgan fingerprint density at radius 1 is 1.38 bits per heavy atom. The Kier molecular flexibility index (Phi) is 2.21. The maximum Gasteiger partial charge on any atom is 0.164 e. The largest absolute Gasteiger partial charge is 0.396 e. The van der Waals surface area contributed by atoms with Gasteiger partial charge in [-0.2, -0.15) is 0 Å². The molecule has 0 radical (unpaired) electrons. The number of ether oxygens (including phenoxy) is 1. The van der Waals surface area contributed by atoms with Gasteiger partial charge in [0.05, 0.1) is 24.1 Å². The van der Waals surface area contributed by atoms with Gasteiger partial charge in [0.15, 0.2) is 5.82 Å². The van der Waals surface area contributed by atoms with Crippen LogP contribution in [-0.4, -0.2) is 30.3 Å². The average Bonchev–Trinajstić information content (AvgIpc) is 2.62. The first-order valence-electron chi connectivity index (χ1n) is 5.54. The van der Waals surface area contributed by atoms with Crippen molar-refractivity contribution in [3.63, 3.8) is 0 Å². The Bertz CT molecular complexity index is 400. The van der Waals surface area contributed by atoms with Crippen molar-refractivity contribution in [2.45, 2.75) is 25.0 Å². The Morgan fingerprint density at radius 2 is 2.06 bits per heavy atom. The molecule has 86 valence electrons. The third-order valence-electron chi connectivity index (χ3n) is 3.24. The minimum absolute atomic E-state index is 0.156. The van der Waals surface area contributed by atoms with Crippen molar-refractivity contribution in [1.29, 1.82) is 0 Å². The van der Waals surface area contributed by atoms with Gasteiger partial charge in [0, 0.05) is 19.2 Å². The molecule has 0 amide bonds. The molecule has 1 aromatic rings. The fourth-order valence-corrected chi connectivity index (χ4v) is 2.42. The van der Waals surface area contributed by atoms with Crippen molar-refractivity contribution >= 4 is 11.5 Å². The third-order valence-corrected chi connectivity index (χ3v) is 3.24. The van der Waals surface area contributed by atoms with Crippen LogP contribution in [0.5, 0.6) is 0 Å². The van der Waals surface area contributed by atoms with E-state index in [-0.39, 0.29) is 5.69 Å². The highest BCUT2D eigenvalue weighted by atomic mass is 19.1. The Labute approximate surface area is 93.2 Å². The number of hydrogen-bond donors (Lipinski definition) is 1. The Hall–Kier alpha value is -1.36. The van der Waals surface area contributed by atoms with Gasteiger partial charge in [-0.05, 0) is 12.8 Å². The van der Waals surface area contributed by atoms with Gasteiger partial charge >= 0.3 is 0 Å². The van der Waals surface area contributed by atoms with Gasteiger partial charge in [0.1, 0.15) is 5.82 Å². The van der Waals surface area contributed by atoms with Crippen molar-refractivity contribution in [1.82, 2.24) is 4.98 Å². The molecule has 3 heterocycles. The Morgan fingerprint density at radius 3 is 2.69 bits per heavy atom. The van der Waals surface area contributed by atoms with Crippen LogP contribution in [-0.2, 0) is 4.74 Å². The molecule has 2 bridgehead atoms. The Balaban J connectivity index is 1.84. The first-order chi connectivity index (χ1) is 7.72. The summed E-state index contributed by atoms with van der Waals surface area (Å²) in [6, 6.07) is 1.60. The standard InChI is InChI=1S/C11H14FN3O/c12-9-4-14-11(3-10(9)13)15-5-7-1-2-8(6-15)16-7/h3-4,7-8H,1-2,5-6H2,(H2,13,14). The molecule has 2 aliphatic rings. The summed E-state index contributed by atoms with van der Waals surface area (Å²) in [4.78, 5) is 6.20. The number of nitrogens with zero attached hydrogens (tertiary/aromatic N) is 2. The molecular formula is C11H14FN3O. The van der Waals surface area contributed by atoms with Crippen LogP contribution in [0.15, 0.2) is 12.3 Å². The van der Waals surface area contributed by atoms with Crippen LogP contribution in [0, 0.1) is 5.82 Å². The summed E-state index contributed by atoms with van der Waals surface area (Å²) < 4.78 is 18.7. The molecule has 4 nitrogen and oxygen atoms in total. The number of aromatic nitrogens is 1. The normalized spacial score (nSPS) is 28.4. The maximum atomic E-state index is 13.0. The highest BCUT2D eigenvalue weighted by molar-refractivity contribution is 5.51. The maximum absolute atomic E-state index is 13.0. The molecule has 5 heteroatoms. The zero-order valence-corrected chi connectivity index (χ0v) is 8.90. The van der Waals surface area contributed by atoms with Crippen molar-refractivity contribution in [2.24, 2.45) is 0 Å². The molecular weight excluding hydrogens is 209 g/mol. The van der Waals surface area contributed by atoms with Crippen LogP contribution < -0.4 is 10.6 Å². The molecule has 2 fully saturated rings. The highest BCUT2D eigenvalue weighted by Crippen LogP contribution is 2.29. The predicted octanol–water partition coefficient (Wildman–Crippen LogP) is 1.17. The molecule has 0 saturated carbocycles. The summed E-state index contributed by atoms with van der Waals surface area (Å²) in [7, 11) is 0. The molecule has 2 saturated heterocycles. The van der Waals surface area contributed by atoms with Crippen molar-refractivity contribution in [3.8, 4) is 0 Å². The van der Waals surface area contributed by atoms with Gasteiger partial charge < -0.3 is 15.4 Å². The van der Waals surface area contributed by atoms with Crippen LogP contribution in [0.2, 0.25) is 0 Å². The summed E-state index contributed by atoms with van der Waals surface area (Å²) in [5.41, 5.74) is 5.70. The van der Waals surface area contributed by atoms with Crippen LogP contribution in [0.3, 0.4) is 0 Å². The third kappa shape index (κ3) is 1.61. The average molecular weight is 223 g/mol. The van der Waals surface area contributed by atoms with Gasteiger partial charge in [-0.3, -0.25) is 0 Å². The van der Waals surface area contributed by atoms with Crippen LogP contribution in [0.25, 0.3) is 0 Å². The first kappa shape index (κ1) is 9.84. The number of pyridine rings is 1. The van der Waals surface area contributed by atoms with E-state index in [4.69, 9.17) is 10.5 Å². The number of anilines is 2. The van der Waals surface area contributed by atoms with E-state index in [0.717, 1.165) is 31.7 Å². The summed E-state index contributed by atoms with van der Waals surface area (Å²) in [6.45, 7) is 1.66. The van der Waals surface area contributed by atoms with Gasteiger partial charge in [0.2, 0.25) is 0 Å². The number of nitrogen functional groups attached to an aromatic ring is 1. The number of nitrogens with two attached hydrogens (primary N) is 1. The van der Waals surface area contributed by atoms with Gasteiger partial charge in [-0.1, -0.05) is 0 Å². The lowest BCUT2D eigenvalue weighted by Gasteiger charge is -2.33. The second kappa shape index (κ2) is 3.59. The van der Waals surface area contributed by atoms with Crippen LogP contribution >= 0.6 is 0 Å². The fourth-order valence-electron chi connectivity index (χ4n) is 2.42. The summed E-state index contributed by atoms with van der Waals surface area (Å²) in [5.74, 6) is 0.291. The molecule has 1 aromatic heterocycles. The number of hydrogen-bond acceptors (Lipinski definition) is 4. The second-order valence-corrected chi connectivity index (χ2v) is 4.43. The summed E-state index contributed by atoms with van der Waals surface area (Å²) in [5, 5.41) is 0. The molecule has 0 aromatic carbocycles. The van der Waals surface area contributed by atoms with Gasteiger partial charge in [0.25, 0.3) is 0 Å². The van der Waals surface area contributed by atoms with Crippen LogP contribution in [0.4, 0.5) is 15.9 Å². The minimum atomic E-state index is -0.458. The number of halogens is 1. The SMILES string of the molecule is Nc1cc(N2CC3CCC(C2)O3)ncc1F. The summed E-state index contributed by atoms with van der Waals surface area (Å²) >= 11 is 0. The number of rotatable bonds is 1. The van der Waals surface area contributed by atoms with Gasteiger partial charge in [-0.15, -0.1) is 0 Å². The quantitative estimate of drug-likeness (QED) is 0.776. The molecule has 2 N–H and O–H groups in total. The second-order valence-electron chi connectivity index (χ2n) is 4.43. The predicted molar refractivity (Wildman–Crippen MR) is 58.7 cm³/mol. The lowest BCUT2D eigenvalue weighted by Crippen LogP contribution is -2.43. The molecule has 0 aliphatic carbocycles. The smallest absolute Gasteiger partial charge is 0.164 e. The van der Waals surface area contributed by atoms with E-state index in [1.807, 2.05) is 0 Å². The highest BCUT2D eigenvalue weighted by Gasteiger charge is 2.34. The molecule has 16 heavy (non-hydrogen) atoms. The lowest BCUT2D eigenvalue weighted by atomic mass is 10.2. The molecule has 2 unspecified atom stereocenters. The molecule has 3 rings (SSSR count). The number of morpholine rings is 1. The minimum Gasteiger partial charge on any atom is -0.396 e. The molecule has 2 aliphatic heterocycles. The van der Waals surface area contributed by atoms with E-state index in [9.17, 15) is 4.39 Å². The first-order valence-corrected chi connectivity index (χ1v) is 5.54. The van der Waals surface area contributed by atoms with Crippen molar-refractivity contribution in [3.05, 3.63) is 18.1 Å². The van der Waals surface area contributed by atoms with E-state index in [1.165, 1.54) is 6.20 Å². The topological polar surface area (TPSA) is 51.4 Å². The lowest BCUT2D eigenvalue weighted by molar-refractivity contribution is 0.0302. The molecule has 0 spiro atoms. The van der Waals surface area contributed by atoms with E-state index >= 15 is 0 Å². The van der Waals surface area contributed by atoms with Crippen molar-refractivity contribution < 1.29 is 9.13 Å². The van der Waals surface area contributed by atoms with Gasteiger partial charge in [-0.25, -0.2) is 9.37 Å². The molecule has 2 atom stereocenters. The van der Waals surface area contributed by atoms with Crippen LogP contribution in [0.1, 0.15) is 12.8 Å².